The number of nitrogens with one attached hydrogen (secondary N) is 2. The minimum atomic E-state index is -0.707. The zero-order valence-electron chi connectivity index (χ0n) is 26.1. The van der Waals surface area contributed by atoms with Crippen LogP contribution < -0.4 is 35.0 Å². The Morgan fingerprint density at radius 2 is 1.53 bits per heavy atom. The third-order valence-electron chi connectivity index (χ3n) is 7.76. The number of hydrogen-bond donors (Lipinski definition) is 2. The number of methoxy groups -OCH3 is 2. The number of amides is 2. The van der Waals surface area contributed by atoms with Gasteiger partial charge in [-0.25, -0.2) is 0 Å². The van der Waals surface area contributed by atoms with Gasteiger partial charge in [-0.05, 0) is 67.1 Å². The van der Waals surface area contributed by atoms with E-state index >= 15 is 0 Å². The molecule has 2 heterocycles. The summed E-state index contributed by atoms with van der Waals surface area (Å²) in [6.07, 6.45) is 0.812. The maximum Gasteiger partial charge on any atom is 0.291 e. The van der Waals surface area contributed by atoms with Crippen LogP contribution >= 0.6 is 0 Å². The lowest BCUT2D eigenvalue weighted by Crippen LogP contribution is -2.21. The van der Waals surface area contributed by atoms with Gasteiger partial charge in [-0.15, -0.1) is 0 Å². The Bertz CT molecular complexity index is 2010. The average molecular weight is 636 g/mol. The number of ether oxygens (including phenoxy) is 4. The van der Waals surface area contributed by atoms with Crippen molar-refractivity contribution in [2.45, 2.75) is 13.0 Å². The molecule has 0 saturated heterocycles. The lowest BCUT2D eigenvalue weighted by molar-refractivity contribution is 0.0997. The Hall–Kier alpha value is -5.81. The molecule has 4 aromatic carbocycles. The Kier molecular flexibility index (Phi) is 9.07. The van der Waals surface area contributed by atoms with Gasteiger partial charge >= 0.3 is 0 Å². The average Bonchev–Trinajstić information content (AvgIpc) is 3.55. The Morgan fingerprint density at radius 3 is 2.32 bits per heavy atom. The molecule has 11 nitrogen and oxygen atoms in total. The molecule has 0 radical (unpaired) electrons. The van der Waals surface area contributed by atoms with E-state index in [-0.39, 0.29) is 34.8 Å². The lowest BCUT2D eigenvalue weighted by atomic mass is 10.1. The van der Waals surface area contributed by atoms with Crippen LogP contribution in [0, 0.1) is 0 Å². The zero-order chi connectivity index (χ0) is 32.9. The molecule has 1 aromatic heterocycles. The molecule has 0 spiro atoms. The number of likely N-dealkylation sites (N-methyl/N-ethyl adjacent to an activating group) is 1. The molecule has 240 valence electrons. The van der Waals surface area contributed by atoms with Gasteiger partial charge in [-0.2, -0.15) is 0 Å². The second-order valence-corrected chi connectivity index (χ2v) is 11.0. The predicted octanol–water partition coefficient (Wildman–Crippen LogP) is 5.72. The first kappa shape index (κ1) is 31.2. The summed E-state index contributed by atoms with van der Waals surface area (Å²) in [5.74, 6) is 0.743. The summed E-state index contributed by atoms with van der Waals surface area (Å²) in [6, 6.07) is 24.3. The summed E-state index contributed by atoms with van der Waals surface area (Å²) in [6.45, 7) is 1.85. The molecule has 2 amide bonds. The van der Waals surface area contributed by atoms with Crippen LogP contribution in [0.1, 0.15) is 32.0 Å². The molecular weight excluding hydrogens is 602 g/mol. The number of para-hydroxylation sites is 1. The monoisotopic (exact) mass is 635 g/mol. The van der Waals surface area contributed by atoms with Crippen molar-refractivity contribution in [1.29, 1.82) is 0 Å². The molecule has 2 N–H and O–H groups in total. The van der Waals surface area contributed by atoms with Crippen molar-refractivity contribution in [3.8, 4) is 23.0 Å². The van der Waals surface area contributed by atoms with E-state index in [1.807, 2.05) is 42.5 Å². The Labute approximate surface area is 270 Å². The Balaban J connectivity index is 1.13. The molecular formula is C36H33N3O8. The van der Waals surface area contributed by atoms with Crippen molar-refractivity contribution < 1.29 is 33.0 Å². The zero-order valence-corrected chi connectivity index (χ0v) is 26.1. The molecule has 47 heavy (non-hydrogen) atoms. The van der Waals surface area contributed by atoms with Crippen molar-refractivity contribution in [1.82, 2.24) is 4.90 Å². The highest BCUT2D eigenvalue weighted by Gasteiger charge is 2.21. The Morgan fingerprint density at radius 1 is 0.809 bits per heavy atom. The van der Waals surface area contributed by atoms with Gasteiger partial charge in [0.15, 0.2) is 34.2 Å². The van der Waals surface area contributed by atoms with Gasteiger partial charge in [0.2, 0.25) is 6.79 Å². The van der Waals surface area contributed by atoms with Crippen molar-refractivity contribution in [3.63, 3.8) is 0 Å². The first-order valence-corrected chi connectivity index (χ1v) is 14.9. The van der Waals surface area contributed by atoms with Crippen LogP contribution in [0.3, 0.4) is 0 Å². The number of nitrogens with zero attached hydrogens (tertiary/aromatic N) is 1. The van der Waals surface area contributed by atoms with Gasteiger partial charge in [0.1, 0.15) is 5.58 Å². The van der Waals surface area contributed by atoms with E-state index in [0.29, 0.717) is 22.6 Å². The third-order valence-corrected chi connectivity index (χ3v) is 7.76. The summed E-state index contributed by atoms with van der Waals surface area (Å²) in [5.41, 5.74) is 2.99. The number of benzene rings is 4. The number of fused-ring (bicyclic) bond motifs is 2. The maximum absolute atomic E-state index is 13.5. The molecule has 11 heteroatoms. The van der Waals surface area contributed by atoms with Crippen molar-refractivity contribution in [3.05, 3.63) is 118 Å². The predicted molar refractivity (Wildman–Crippen MR) is 177 cm³/mol. The van der Waals surface area contributed by atoms with Crippen molar-refractivity contribution in [2.75, 3.05) is 45.2 Å². The molecule has 6 rings (SSSR count). The van der Waals surface area contributed by atoms with E-state index < -0.39 is 11.8 Å². The minimum Gasteiger partial charge on any atom is -0.493 e. The largest absolute Gasteiger partial charge is 0.493 e. The summed E-state index contributed by atoms with van der Waals surface area (Å²) in [5, 5.41) is 5.93. The highest BCUT2D eigenvalue weighted by atomic mass is 16.7. The first-order chi connectivity index (χ1) is 22.8. The quantitative estimate of drug-likeness (QED) is 0.187. The molecule has 0 aliphatic carbocycles. The second-order valence-electron chi connectivity index (χ2n) is 11.0. The van der Waals surface area contributed by atoms with Crippen LogP contribution in [0.4, 0.5) is 11.4 Å². The first-order valence-electron chi connectivity index (χ1n) is 14.9. The van der Waals surface area contributed by atoms with Gasteiger partial charge in [0.25, 0.3) is 11.8 Å². The molecule has 0 saturated carbocycles. The highest BCUT2D eigenvalue weighted by Crippen LogP contribution is 2.35. The molecule has 0 atom stereocenters. The number of anilines is 2. The molecule has 0 unspecified atom stereocenters. The van der Waals surface area contributed by atoms with Gasteiger partial charge < -0.3 is 38.9 Å². The number of carbonyl (C=O) groups excluding carboxylic acids is 2. The minimum absolute atomic E-state index is 0.119. The van der Waals surface area contributed by atoms with Gasteiger partial charge in [0.05, 0.1) is 30.9 Å². The fourth-order valence-electron chi connectivity index (χ4n) is 5.27. The van der Waals surface area contributed by atoms with Crippen LogP contribution in [-0.2, 0) is 13.0 Å². The van der Waals surface area contributed by atoms with Crippen LogP contribution in [0.2, 0.25) is 0 Å². The molecule has 5 aromatic rings. The summed E-state index contributed by atoms with van der Waals surface area (Å²) < 4.78 is 27.4. The SMILES string of the molecule is COc1cc(NC(=O)c2cc(=O)c3ccccc3o2)c(C(=O)Nc2ccc(CCN(C)Cc3ccc4c(c3)OCO4)cc2)cc1OC. The fourth-order valence-corrected chi connectivity index (χ4v) is 5.27. The summed E-state index contributed by atoms with van der Waals surface area (Å²) >= 11 is 0. The smallest absolute Gasteiger partial charge is 0.291 e. The third kappa shape index (κ3) is 7.05. The van der Waals surface area contributed by atoms with Gasteiger partial charge in [0, 0.05) is 30.9 Å². The number of hydrogen-bond acceptors (Lipinski definition) is 9. The van der Waals surface area contributed by atoms with E-state index in [2.05, 4.69) is 22.6 Å². The number of carbonyl (C=O) groups is 2. The maximum atomic E-state index is 13.5. The molecule has 0 fully saturated rings. The van der Waals surface area contributed by atoms with E-state index in [0.717, 1.165) is 48.2 Å². The highest BCUT2D eigenvalue weighted by molar-refractivity contribution is 6.12. The van der Waals surface area contributed by atoms with E-state index in [4.69, 9.17) is 23.4 Å². The van der Waals surface area contributed by atoms with Crippen LogP contribution in [0.25, 0.3) is 11.0 Å². The van der Waals surface area contributed by atoms with E-state index in [1.54, 1.807) is 24.3 Å². The van der Waals surface area contributed by atoms with Crippen molar-refractivity contribution >= 4 is 34.2 Å². The second kappa shape index (κ2) is 13.7. The van der Waals surface area contributed by atoms with Crippen LogP contribution in [0.5, 0.6) is 23.0 Å². The van der Waals surface area contributed by atoms with Gasteiger partial charge in [-0.3, -0.25) is 14.4 Å². The lowest BCUT2D eigenvalue weighted by Gasteiger charge is -2.17. The number of rotatable bonds is 11. The topological polar surface area (TPSA) is 129 Å². The molecule has 0 bridgehead atoms. The van der Waals surface area contributed by atoms with Crippen LogP contribution in [-0.4, -0.2) is 51.3 Å². The van der Waals surface area contributed by atoms with E-state index in [9.17, 15) is 14.4 Å². The molecule has 1 aliphatic heterocycles. The normalized spacial score (nSPS) is 11.8. The fraction of sp³-hybridized carbons (Fsp3) is 0.194. The molecule has 1 aliphatic rings. The van der Waals surface area contributed by atoms with Gasteiger partial charge in [-0.1, -0.05) is 30.3 Å². The summed E-state index contributed by atoms with van der Waals surface area (Å²) in [7, 11) is 4.96. The summed E-state index contributed by atoms with van der Waals surface area (Å²) in [4.78, 5) is 41.6. The standard InChI is InChI=1S/C36H33N3O8/c1-39(20-23-10-13-30-33(16-23)46-21-45-30)15-14-22-8-11-24(12-9-22)37-35(41)26-17-31(43-2)32(44-3)18-27(26)38-36(42)34-19-28(40)25-6-4-5-7-29(25)47-34/h4-13,16-19H,14-15,20-21H2,1-3H3,(H,37,41)(H,38,42). The van der Waals surface area contributed by atoms with E-state index in [1.165, 1.54) is 26.4 Å². The van der Waals surface area contributed by atoms with Crippen molar-refractivity contribution in [2.24, 2.45) is 0 Å². The van der Waals surface area contributed by atoms with Crippen LogP contribution in [0.15, 0.2) is 94.1 Å².